The third kappa shape index (κ3) is 2.26. The van der Waals surface area contributed by atoms with E-state index >= 15 is 0 Å². The summed E-state index contributed by atoms with van der Waals surface area (Å²) in [5.74, 6) is 0.429. The van der Waals surface area contributed by atoms with E-state index in [1.807, 2.05) is 0 Å². The molecule has 0 spiro atoms. The van der Waals surface area contributed by atoms with Crippen molar-refractivity contribution in [2.75, 3.05) is 0 Å². The molecule has 1 aromatic carbocycles. The molecule has 0 saturated carbocycles. The molecule has 3 rings (SSSR count). The lowest BCUT2D eigenvalue weighted by Crippen LogP contribution is -1.89. The molecule has 3 aromatic rings. The molecule has 0 unspecified atom stereocenters. The number of aromatic nitrogens is 3. The van der Waals surface area contributed by atoms with E-state index in [1.165, 1.54) is 24.3 Å². The van der Waals surface area contributed by atoms with E-state index in [9.17, 15) is 10.1 Å². The lowest BCUT2D eigenvalue weighted by molar-refractivity contribution is -0.384. The largest absolute Gasteiger partial charge is 0.426 e. The molecular weight excluding hydrogens is 284 g/mol. The van der Waals surface area contributed by atoms with E-state index in [2.05, 4.69) is 15.0 Å². The van der Waals surface area contributed by atoms with Gasteiger partial charge in [-0.15, -0.1) is 0 Å². The number of nitro benzene ring substituents is 1. The van der Waals surface area contributed by atoms with Crippen molar-refractivity contribution >= 4 is 28.3 Å². The van der Waals surface area contributed by atoms with E-state index in [0.29, 0.717) is 16.8 Å². The highest BCUT2D eigenvalue weighted by Crippen LogP contribution is 2.26. The number of pyridine rings is 1. The Balaban J connectivity index is 1.89. The maximum atomic E-state index is 10.6. The molecule has 2 aromatic heterocycles. The molecule has 2 heterocycles. The Morgan fingerprint density at radius 2 is 2.00 bits per heavy atom. The maximum absolute atomic E-state index is 10.6. The number of fused-ring (bicyclic) bond motifs is 1. The molecule has 1 N–H and O–H groups in total. The van der Waals surface area contributed by atoms with E-state index in [4.69, 9.17) is 16.3 Å². The first-order valence-corrected chi connectivity index (χ1v) is 5.94. The Labute approximate surface area is 117 Å². The molecule has 7 nitrogen and oxygen atoms in total. The van der Waals surface area contributed by atoms with Crippen LogP contribution in [0.25, 0.3) is 11.0 Å². The molecule has 0 atom stereocenters. The summed E-state index contributed by atoms with van der Waals surface area (Å²) < 4.78 is 5.48. The fourth-order valence-electron chi connectivity index (χ4n) is 1.68. The average molecular weight is 291 g/mol. The lowest BCUT2D eigenvalue weighted by atomic mass is 10.3. The van der Waals surface area contributed by atoms with Crippen LogP contribution in [0.4, 0.5) is 5.69 Å². The third-order valence-corrected chi connectivity index (χ3v) is 2.87. The number of rotatable bonds is 3. The molecule has 20 heavy (non-hydrogen) atoms. The van der Waals surface area contributed by atoms with Crippen molar-refractivity contribution in [3.8, 4) is 11.8 Å². The summed E-state index contributed by atoms with van der Waals surface area (Å²) in [4.78, 5) is 21.1. The van der Waals surface area contributed by atoms with Crippen LogP contribution in [0.3, 0.4) is 0 Å². The summed E-state index contributed by atoms with van der Waals surface area (Å²) in [6.45, 7) is 0. The second-order valence-electron chi connectivity index (χ2n) is 3.89. The van der Waals surface area contributed by atoms with Crippen LogP contribution in [0.1, 0.15) is 0 Å². The number of H-pyrrole nitrogens is 1. The highest BCUT2D eigenvalue weighted by atomic mass is 35.5. The van der Waals surface area contributed by atoms with Gasteiger partial charge in [-0.05, 0) is 18.2 Å². The third-order valence-electron chi connectivity index (χ3n) is 2.60. The number of imidazole rings is 1. The number of benzene rings is 1. The van der Waals surface area contributed by atoms with E-state index in [0.717, 1.165) is 0 Å². The van der Waals surface area contributed by atoms with Crippen LogP contribution in [0.5, 0.6) is 11.8 Å². The highest BCUT2D eigenvalue weighted by Gasteiger charge is 2.09. The van der Waals surface area contributed by atoms with Crippen LogP contribution in [-0.2, 0) is 0 Å². The lowest BCUT2D eigenvalue weighted by Gasteiger charge is -2.00. The van der Waals surface area contributed by atoms with E-state index in [1.54, 1.807) is 12.3 Å². The molecule has 0 amide bonds. The highest BCUT2D eigenvalue weighted by molar-refractivity contribution is 6.33. The van der Waals surface area contributed by atoms with Gasteiger partial charge in [0.1, 0.15) is 11.3 Å². The van der Waals surface area contributed by atoms with Gasteiger partial charge in [-0.1, -0.05) is 11.6 Å². The normalized spacial score (nSPS) is 10.7. The van der Waals surface area contributed by atoms with Crippen LogP contribution in [0, 0.1) is 10.1 Å². The number of nitrogens with one attached hydrogen (secondary N) is 1. The van der Waals surface area contributed by atoms with E-state index < -0.39 is 4.92 Å². The van der Waals surface area contributed by atoms with Gasteiger partial charge >= 0.3 is 0 Å². The average Bonchev–Trinajstić information content (AvgIpc) is 2.83. The molecule has 0 aliphatic carbocycles. The first-order chi connectivity index (χ1) is 9.63. The van der Waals surface area contributed by atoms with Crippen molar-refractivity contribution in [2.45, 2.75) is 0 Å². The standard InChI is InChI=1S/C12H7ClN4O3/c13-11-10-9(5-6-14-11)15-12(16-10)20-8-3-1-7(2-4-8)17(18)19/h1-6H,(H,15,16). The minimum absolute atomic E-state index is 0.00537. The number of halogens is 1. The van der Waals surface area contributed by atoms with Gasteiger partial charge in [0.2, 0.25) is 0 Å². The Hall–Kier alpha value is -2.67. The Morgan fingerprint density at radius 1 is 1.25 bits per heavy atom. The predicted octanol–water partition coefficient (Wildman–Crippen LogP) is 3.31. The zero-order valence-electron chi connectivity index (χ0n) is 9.91. The van der Waals surface area contributed by atoms with Gasteiger partial charge < -0.3 is 9.72 Å². The SMILES string of the molecule is O=[N+]([O-])c1ccc(Oc2nc3c(Cl)nccc3[nH]2)cc1. The Morgan fingerprint density at radius 3 is 2.65 bits per heavy atom. The zero-order chi connectivity index (χ0) is 14.1. The Kier molecular flexibility index (Phi) is 2.96. The van der Waals surface area contributed by atoms with Crippen LogP contribution < -0.4 is 4.74 Å². The van der Waals surface area contributed by atoms with Gasteiger partial charge in [0.15, 0.2) is 5.15 Å². The van der Waals surface area contributed by atoms with Crippen molar-refractivity contribution in [2.24, 2.45) is 0 Å². The quantitative estimate of drug-likeness (QED) is 0.453. The maximum Gasteiger partial charge on any atom is 0.300 e. The number of ether oxygens (including phenoxy) is 1. The molecule has 0 radical (unpaired) electrons. The van der Waals surface area contributed by atoms with Crippen molar-refractivity contribution in [1.29, 1.82) is 0 Å². The first kappa shape index (κ1) is 12.4. The monoisotopic (exact) mass is 290 g/mol. The predicted molar refractivity (Wildman–Crippen MR) is 72.1 cm³/mol. The molecule has 0 bridgehead atoms. The van der Waals surface area contributed by atoms with Crippen molar-refractivity contribution in [3.63, 3.8) is 0 Å². The van der Waals surface area contributed by atoms with Crippen LogP contribution >= 0.6 is 11.6 Å². The number of hydrogen-bond donors (Lipinski definition) is 1. The minimum Gasteiger partial charge on any atom is -0.426 e. The second kappa shape index (κ2) is 4.78. The van der Waals surface area contributed by atoms with Gasteiger partial charge in [-0.25, -0.2) is 4.98 Å². The molecule has 8 heteroatoms. The Bertz CT molecular complexity index is 785. The second-order valence-corrected chi connectivity index (χ2v) is 4.25. The molecule has 0 saturated heterocycles. The molecule has 0 aliphatic heterocycles. The van der Waals surface area contributed by atoms with Gasteiger partial charge in [-0.2, -0.15) is 4.98 Å². The number of aromatic amines is 1. The number of nitrogens with zero attached hydrogens (tertiary/aromatic N) is 3. The summed E-state index contributed by atoms with van der Waals surface area (Å²) >= 11 is 5.90. The number of non-ortho nitro benzene ring substituents is 1. The molecule has 0 fully saturated rings. The van der Waals surface area contributed by atoms with Crippen molar-refractivity contribution in [3.05, 3.63) is 51.8 Å². The summed E-state index contributed by atoms with van der Waals surface area (Å²) in [5, 5.41) is 10.8. The minimum atomic E-state index is -0.476. The fourth-order valence-corrected chi connectivity index (χ4v) is 1.88. The van der Waals surface area contributed by atoms with Crippen LogP contribution in [0.2, 0.25) is 5.15 Å². The van der Waals surface area contributed by atoms with Crippen molar-refractivity contribution < 1.29 is 9.66 Å². The van der Waals surface area contributed by atoms with Gasteiger partial charge in [0.05, 0.1) is 10.4 Å². The zero-order valence-corrected chi connectivity index (χ0v) is 10.7. The summed E-state index contributed by atoms with van der Waals surface area (Å²) in [6.07, 6.45) is 1.55. The first-order valence-electron chi connectivity index (χ1n) is 5.56. The number of nitro groups is 1. The topological polar surface area (TPSA) is 93.9 Å². The fraction of sp³-hybridized carbons (Fsp3) is 0. The van der Waals surface area contributed by atoms with Crippen LogP contribution in [-0.4, -0.2) is 19.9 Å². The van der Waals surface area contributed by atoms with Gasteiger partial charge in [-0.3, -0.25) is 10.1 Å². The van der Waals surface area contributed by atoms with Crippen LogP contribution in [0.15, 0.2) is 36.5 Å². The van der Waals surface area contributed by atoms with E-state index in [-0.39, 0.29) is 16.9 Å². The smallest absolute Gasteiger partial charge is 0.300 e. The van der Waals surface area contributed by atoms with Crippen molar-refractivity contribution in [1.82, 2.24) is 15.0 Å². The molecular formula is C12H7ClN4O3. The molecule has 100 valence electrons. The summed E-state index contributed by atoms with van der Waals surface area (Å²) in [6, 6.07) is 7.65. The number of hydrogen-bond acceptors (Lipinski definition) is 5. The van der Waals surface area contributed by atoms with Gasteiger partial charge in [0, 0.05) is 18.3 Å². The summed E-state index contributed by atoms with van der Waals surface area (Å²) in [5.41, 5.74) is 1.20. The molecule has 0 aliphatic rings. The summed E-state index contributed by atoms with van der Waals surface area (Å²) in [7, 11) is 0. The van der Waals surface area contributed by atoms with Gasteiger partial charge in [0.25, 0.3) is 11.7 Å².